The van der Waals surface area contributed by atoms with E-state index in [0.29, 0.717) is 44.7 Å². The van der Waals surface area contributed by atoms with Crippen LogP contribution in [0.25, 0.3) is 0 Å². The van der Waals surface area contributed by atoms with Crippen molar-refractivity contribution in [2.24, 2.45) is 29.6 Å². The van der Waals surface area contributed by atoms with Gasteiger partial charge in [0.2, 0.25) is 23.6 Å². The number of nitrogens with zero attached hydrogens (tertiary/aromatic N) is 3. The number of nitrogens with one attached hydrogen (secondary N) is 2. The standard InChI is InChI=1S/C35H63N5O5/c1-6-18-40(19-7-2)35(45)29-22-27(21-28(23-29)34(44)38(3)4)32(42)36-30(20-25-14-10-8-11-15-25)31(41)24-39(5)37-33(43)26-16-12-9-13-17-26/h25-31,41H,6-24H2,1-5H3,(H,36,42)(H,37,43). The van der Waals surface area contributed by atoms with E-state index >= 15 is 0 Å². The number of amides is 4. The number of hydrogen-bond acceptors (Lipinski definition) is 6. The predicted molar refractivity (Wildman–Crippen MR) is 177 cm³/mol. The lowest BCUT2D eigenvalue weighted by molar-refractivity contribution is -0.143. The van der Waals surface area contributed by atoms with Gasteiger partial charge < -0.3 is 20.2 Å². The van der Waals surface area contributed by atoms with Crippen molar-refractivity contribution in [1.82, 2.24) is 25.6 Å². The normalized spacial score (nSPS) is 24.5. The van der Waals surface area contributed by atoms with Crippen molar-refractivity contribution >= 4 is 23.6 Å². The van der Waals surface area contributed by atoms with Crippen molar-refractivity contribution in [2.75, 3.05) is 40.8 Å². The number of aliphatic hydroxyl groups excluding tert-OH is 1. The maximum absolute atomic E-state index is 14.0. The average Bonchev–Trinajstić information content (AvgIpc) is 3.04. The van der Waals surface area contributed by atoms with Crippen LogP contribution in [0.4, 0.5) is 0 Å². The molecule has 0 heterocycles. The van der Waals surface area contributed by atoms with Crippen LogP contribution >= 0.6 is 0 Å². The Balaban J connectivity index is 1.73. The van der Waals surface area contributed by atoms with Gasteiger partial charge in [-0.1, -0.05) is 65.2 Å². The van der Waals surface area contributed by atoms with Crippen LogP contribution in [0.3, 0.4) is 0 Å². The fourth-order valence-electron chi connectivity index (χ4n) is 7.92. The molecule has 0 aliphatic heterocycles. The molecule has 5 unspecified atom stereocenters. The van der Waals surface area contributed by atoms with Gasteiger partial charge in [-0.15, -0.1) is 0 Å². The van der Waals surface area contributed by atoms with Gasteiger partial charge in [-0.25, -0.2) is 5.01 Å². The molecular weight excluding hydrogens is 570 g/mol. The van der Waals surface area contributed by atoms with Crippen LogP contribution in [0.5, 0.6) is 0 Å². The highest BCUT2D eigenvalue weighted by atomic mass is 16.3. The third-order valence-electron chi connectivity index (χ3n) is 10.4. The van der Waals surface area contributed by atoms with Crippen LogP contribution in [0, 0.1) is 29.6 Å². The van der Waals surface area contributed by atoms with E-state index in [0.717, 1.165) is 64.2 Å². The molecule has 4 amide bonds. The molecule has 0 aromatic carbocycles. The summed E-state index contributed by atoms with van der Waals surface area (Å²) >= 11 is 0. The second-order valence-corrected chi connectivity index (χ2v) is 14.5. The molecule has 3 rings (SSSR count). The van der Waals surface area contributed by atoms with Gasteiger partial charge in [-0.05, 0) is 57.3 Å². The van der Waals surface area contributed by atoms with Gasteiger partial charge in [0, 0.05) is 64.4 Å². The summed E-state index contributed by atoms with van der Waals surface area (Å²) in [6.07, 6.45) is 13.6. The molecule has 0 aromatic rings. The third kappa shape index (κ3) is 11.5. The largest absolute Gasteiger partial charge is 0.390 e. The lowest BCUT2D eigenvalue weighted by Crippen LogP contribution is -2.54. The van der Waals surface area contributed by atoms with Crippen LogP contribution in [0.15, 0.2) is 0 Å². The second kappa shape index (κ2) is 18.8. The quantitative estimate of drug-likeness (QED) is 0.233. The van der Waals surface area contributed by atoms with Gasteiger partial charge in [0.25, 0.3) is 0 Å². The van der Waals surface area contributed by atoms with Gasteiger partial charge in [0.15, 0.2) is 0 Å². The second-order valence-electron chi connectivity index (χ2n) is 14.5. The van der Waals surface area contributed by atoms with Crippen molar-refractivity contribution in [3.63, 3.8) is 0 Å². The Morgan fingerprint density at radius 1 is 0.711 bits per heavy atom. The Kier molecular flexibility index (Phi) is 15.6. The number of carbonyl (C=O) groups excluding carboxylic acids is 4. The Labute approximate surface area is 272 Å². The molecule has 5 atom stereocenters. The molecule has 3 fully saturated rings. The SMILES string of the molecule is CCCN(CCC)C(=O)C1CC(C(=O)NC(CC2CCCCC2)C(O)CN(C)NC(=O)C2CCCCC2)CC(C(=O)N(C)C)C1. The smallest absolute Gasteiger partial charge is 0.237 e. The Morgan fingerprint density at radius 2 is 1.24 bits per heavy atom. The molecule has 0 spiro atoms. The Hall–Kier alpha value is -2.20. The first-order chi connectivity index (χ1) is 21.5. The number of rotatable bonds is 15. The molecule has 0 aromatic heterocycles. The van der Waals surface area contributed by atoms with Crippen molar-refractivity contribution < 1.29 is 24.3 Å². The predicted octanol–water partition coefficient (Wildman–Crippen LogP) is 4.12. The van der Waals surface area contributed by atoms with E-state index in [2.05, 4.69) is 24.6 Å². The van der Waals surface area contributed by atoms with E-state index in [-0.39, 0.29) is 42.0 Å². The maximum Gasteiger partial charge on any atom is 0.237 e. The molecule has 3 aliphatic carbocycles. The van der Waals surface area contributed by atoms with Crippen molar-refractivity contribution in [1.29, 1.82) is 0 Å². The highest BCUT2D eigenvalue weighted by molar-refractivity contribution is 5.86. The first kappa shape index (κ1) is 37.3. The number of aliphatic hydroxyl groups is 1. The van der Waals surface area contributed by atoms with Crippen LogP contribution < -0.4 is 10.7 Å². The zero-order chi connectivity index (χ0) is 32.9. The van der Waals surface area contributed by atoms with E-state index in [1.165, 1.54) is 12.8 Å². The van der Waals surface area contributed by atoms with Gasteiger partial charge in [-0.2, -0.15) is 0 Å². The first-order valence-corrected chi connectivity index (χ1v) is 18.0. The summed E-state index contributed by atoms with van der Waals surface area (Å²) in [5.74, 6) is -1.02. The molecular formula is C35H63N5O5. The monoisotopic (exact) mass is 633 g/mol. The summed E-state index contributed by atoms with van der Waals surface area (Å²) in [6, 6.07) is -0.481. The Morgan fingerprint density at radius 3 is 1.80 bits per heavy atom. The van der Waals surface area contributed by atoms with Gasteiger partial charge in [-0.3, -0.25) is 24.6 Å². The summed E-state index contributed by atoms with van der Waals surface area (Å²) in [5, 5.41) is 16.4. The van der Waals surface area contributed by atoms with Crippen molar-refractivity contribution in [3.8, 4) is 0 Å². The van der Waals surface area contributed by atoms with Crippen LogP contribution in [-0.4, -0.2) is 96.5 Å². The van der Waals surface area contributed by atoms with Crippen LogP contribution in [0.2, 0.25) is 0 Å². The number of hydrazine groups is 1. The summed E-state index contributed by atoms with van der Waals surface area (Å²) in [7, 11) is 5.23. The number of carbonyl (C=O) groups is 4. The molecule has 10 nitrogen and oxygen atoms in total. The molecule has 0 bridgehead atoms. The van der Waals surface area contributed by atoms with Crippen molar-refractivity contribution in [2.45, 2.75) is 129 Å². The lowest BCUT2D eigenvalue weighted by Gasteiger charge is -2.38. The minimum atomic E-state index is -0.877. The van der Waals surface area contributed by atoms with Crippen molar-refractivity contribution in [3.05, 3.63) is 0 Å². The van der Waals surface area contributed by atoms with Gasteiger partial charge in [0.05, 0.1) is 12.1 Å². The molecule has 3 N–H and O–H groups in total. The third-order valence-corrected chi connectivity index (χ3v) is 10.4. The minimum absolute atomic E-state index is 0.00646. The van der Waals surface area contributed by atoms with E-state index in [1.54, 1.807) is 31.1 Å². The summed E-state index contributed by atoms with van der Waals surface area (Å²) in [4.78, 5) is 57.2. The molecule has 258 valence electrons. The summed E-state index contributed by atoms with van der Waals surface area (Å²) in [6.45, 7) is 5.66. The lowest BCUT2D eigenvalue weighted by atomic mass is 9.73. The summed E-state index contributed by atoms with van der Waals surface area (Å²) < 4.78 is 0. The van der Waals surface area contributed by atoms with Gasteiger partial charge >= 0.3 is 0 Å². The average molecular weight is 634 g/mol. The zero-order valence-electron chi connectivity index (χ0n) is 28.9. The van der Waals surface area contributed by atoms with Gasteiger partial charge in [0.1, 0.15) is 0 Å². The Bertz CT molecular complexity index is 943. The zero-order valence-corrected chi connectivity index (χ0v) is 28.9. The van der Waals surface area contributed by atoms with Crippen LogP contribution in [0.1, 0.15) is 117 Å². The molecule has 0 radical (unpaired) electrons. The molecule has 3 aliphatic rings. The van der Waals surface area contributed by atoms with E-state index in [1.807, 2.05) is 4.90 Å². The highest BCUT2D eigenvalue weighted by Gasteiger charge is 2.41. The molecule has 0 saturated heterocycles. The first-order valence-electron chi connectivity index (χ1n) is 18.0. The van der Waals surface area contributed by atoms with Crippen LogP contribution in [-0.2, 0) is 19.2 Å². The molecule has 3 saturated carbocycles. The highest BCUT2D eigenvalue weighted by Crippen LogP contribution is 2.36. The molecule has 45 heavy (non-hydrogen) atoms. The molecule has 10 heteroatoms. The number of likely N-dealkylation sites (N-methyl/N-ethyl adjacent to an activating group) is 1. The topological polar surface area (TPSA) is 122 Å². The maximum atomic E-state index is 14.0. The fraction of sp³-hybridized carbons (Fsp3) is 0.886. The van der Waals surface area contributed by atoms with E-state index in [9.17, 15) is 24.3 Å². The minimum Gasteiger partial charge on any atom is -0.390 e. The van der Waals surface area contributed by atoms with E-state index < -0.39 is 24.0 Å². The fourth-order valence-corrected chi connectivity index (χ4v) is 7.92. The number of hydrogen-bond donors (Lipinski definition) is 3. The van der Waals surface area contributed by atoms with E-state index in [4.69, 9.17) is 0 Å². The summed E-state index contributed by atoms with van der Waals surface area (Å²) in [5.41, 5.74) is 2.97.